The molecule has 19 heavy (non-hydrogen) atoms. The Hall–Kier alpha value is -2.56. The molecule has 5 nitrogen and oxygen atoms in total. The molecule has 1 rings (SSSR count). The van der Waals surface area contributed by atoms with Crippen molar-refractivity contribution in [2.45, 2.75) is 0 Å². The maximum Gasteiger partial charge on any atom is 0.330 e. The van der Waals surface area contributed by atoms with Gasteiger partial charge in [0.1, 0.15) is 19.0 Å². The summed E-state index contributed by atoms with van der Waals surface area (Å²) in [6.07, 6.45) is 3.84. The SMILES string of the molecule is C=CC(=O)OCCOC(=O)/C=C/c1ccc(O)cc1. The lowest BCUT2D eigenvalue weighted by Crippen LogP contribution is -2.11. The van der Waals surface area contributed by atoms with Crippen LogP contribution in [0.1, 0.15) is 5.56 Å². The summed E-state index contributed by atoms with van der Waals surface area (Å²) in [6.45, 7) is 3.21. The molecular weight excluding hydrogens is 248 g/mol. The van der Waals surface area contributed by atoms with Crippen molar-refractivity contribution in [3.05, 3.63) is 48.6 Å². The Bertz CT molecular complexity index is 473. The molecule has 0 radical (unpaired) electrons. The number of aromatic hydroxyl groups is 1. The molecule has 0 saturated heterocycles. The molecule has 0 fully saturated rings. The normalized spacial score (nSPS) is 10.1. The second-order valence-electron chi connectivity index (χ2n) is 3.46. The van der Waals surface area contributed by atoms with Crippen LogP contribution in [-0.4, -0.2) is 30.3 Å². The van der Waals surface area contributed by atoms with E-state index in [1.54, 1.807) is 18.2 Å². The number of carbonyl (C=O) groups excluding carboxylic acids is 2. The monoisotopic (exact) mass is 262 g/mol. The molecule has 0 spiro atoms. The Balaban J connectivity index is 2.29. The largest absolute Gasteiger partial charge is 0.508 e. The fourth-order valence-electron chi connectivity index (χ4n) is 1.14. The molecular formula is C14H14O5. The summed E-state index contributed by atoms with van der Waals surface area (Å²) in [5.41, 5.74) is 0.757. The molecule has 0 aliphatic rings. The molecule has 1 aromatic rings. The summed E-state index contributed by atoms with van der Waals surface area (Å²) in [5, 5.41) is 9.08. The number of esters is 2. The van der Waals surface area contributed by atoms with Gasteiger partial charge in [-0.1, -0.05) is 18.7 Å². The number of phenolic OH excluding ortho intramolecular Hbond substituents is 1. The minimum atomic E-state index is -0.560. The Kier molecular flexibility index (Phi) is 5.88. The molecule has 0 unspecified atom stereocenters. The highest BCUT2D eigenvalue weighted by Crippen LogP contribution is 2.10. The quantitative estimate of drug-likeness (QED) is 0.479. The molecule has 0 atom stereocenters. The van der Waals surface area contributed by atoms with Crippen molar-refractivity contribution < 1.29 is 24.2 Å². The Morgan fingerprint density at radius 2 is 1.68 bits per heavy atom. The second-order valence-corrected chi connectivity index (χ2v) is 3.46. The Morgan fingerprint density at radius 1 is 1.11 bits per heavy atom. The van der Waals surface area contributed by atoms with Crippen LogP contribution in [0.2, 0.25) is 0 Å². The summed E-state index contributed by atoms with van der Waals surface area (Å²) in [7, 11) is 0. The first kappa shape index (κ1) is 14.5. The first-order valence-corrected chi connectivity index (χ1v) is 5.55. The van der Waals surface area contributed by atoms with Gasteiger partial charge in [0, 0.05) is 12.2 Å². The minimum absolute atomic E-state index is 0.0103. The third-order valence-corrected chi connectivity index (χ3v) is 2.04. The smallest absolute Gasteiger partial charge is 0.330 e. The first-order chi connectivity index (χ1) is 9.11. The highest BCUT2D eigenvalue weighted by Gasteiger charge is 1.99. The van der Waals surface area contributed by atoms with Crippen molar-refractivity contribution >= 4 is 18.0 Å². The lowest BCUT2D eigenvalue weighted by atomic mass is 10.2. The van der Waals surface area contributed by atoms with Crippen LogP contribution in [0.25, 0.3) is 6.08 Å². The fraction of sp³-hybridized carbons (Fsp3) is 0.143. The van der Waals surface area contributed by atoms with Crippen LogP contribution in [0.3, 0.4) is 0 Å². The van der Waals surface area contributed by atoms with Gasteiger partial charge in [-0.05, 0) is 23.8 Å². The van der Waals surface area contributed by atoms with Gasteiger partial charge in [-0.3, -0.25) is 0 Å². The van der Waals surface area contributed by atoms with E-state index in [-0.39, 0.29) is 19.0 Å². The van der Waals surface area contributed by atoms with Crippen molar-refractivity contribution in [2.24, 2.45) is 0 Å². The first-order valence-electron chi connectivity index (χ1n) is 5.55. The molecule has 0 bridgehead atoms. The second kappa shape index (κ2) is 7.71. The van der Waals surface area contributed by atoms with E-state index < -0.39 is 11.9 Å². The van der Waals surface area contributed by atoms with E-state index in [0.717, 1.165) is 11.6 Å². The van der Waals surface area contributed by atoms with Gasteiger partial charge >= 0.3 is 11.9 Å². The van der Waals surface area contributed by atoms with Gasteiger partial charge in [0.15, 0.2) is 0 Å². The van der Waals surface area contributed by atoms with Crippen molar-refractivity contribution in [1.29, 1.82) is 0 Å². The van der Waals surface area contributed by atoms with Crippen molar-refractivity contribution in [2.75, 3.05) is 13.2 Å². The van der Waals surface area contributed by atoms with Crippen LogP contribution >= 0.6 is 0 Å². The van der Waals surface area contributed by atoms with E-state index in [0.29, 0.717) is 0 Å². The standard InChI is InChI=1S/C14H14O5/c1-2-13(16)18-9-10-19-14(17)8-5-11-3-6-12(15)7-4-11/h2-8,15H,1,9-10H2/b8-5+. The number of ether oxygens (including phenoxy) is 2. The molecule has 0 aliphatic heterocycles. The molecule has 100 valence electrons. The molecule has 0 saturated carbocycles. The number of carbonyl (C=O) groups is 2. The average molecular weight is 262 g/mol. The average Bonchev–Trinajstić information content (AvgIpc) is 2.42. The van der Waals surface area contributed by atoms with Gasteiger partial charge in [0.05, 0.1) is 0 Å². The van der Waals surface area contributed by atoms with E-state index in [4.69, 9.17) is 9.84 Å². The maximum atomic E-state index is 11.3. The zero-order chi connectivity index (χ0) is 14.1. The summed E-state index contributed by atoms with van der Waals surface area (Å²) < 4.78 is 9.43. The van der Waals surface area contributed by atoms with E-state index in [9.17, 15) is 9.59 Å². The maximum absolute atomic E-state index is 11.3. The van der Waals surface area contributed by atoms with E-state index >= 15 is 0 Å². The van der Waals surface area contributed by atoms with Crippen molar-refractivity contribution in [1.82, 2.24) is 0 Å². The number of hydrogen-bond acceptors (Lipinski definition) is 5. The molecule has 1 N–H and O–H groups in total. The molecule has 0 amide bonds. The number of hydrogen-bond donors (Lipinski definition) is 1. The molecule has 0 aliphatic carbocycles. The van der Waals surface area contributed by atoms with Crippen LogP contribution in [0.15, 0.2) is 43.0 Å². The number of phenols is 1. The molecule has 5 heteroatoms. The zero-order valence-corrected chi connectivity index (χ0v) is 10.2. The highest BCUT2D eigenvalue weighted by atomic mass is 16.6. The molecule has 1 aromatic carbocycles. The number of rotatable bonds is 6. The molecule has 0 aromatic heterocycles. The van der Waals surface area contributed by atoms with Crippen LogP contribution in [0, 0.1) is 0 Å². The minimum Gasteiger partial charge on any atom is -0.508 e. The predicted molar refractivity (Wildman–Crippen MR) is 69.3 cm³/mol. The van der Waals surface area contributed by atoms with Crippen molar-refractivity contribution in [3.8, 4) is 5.75 Å². The summed E-state index contributed by atoms with van der Waals surface area (Å²) >= 11 is 0. The van der Waals surface area contributed by atoms with Gasteiger partial charge in [-0.15, -0.1) is 0 Å². The van der Waals surface area contributed by atoms with E-state index in [1.807, 2.05) is 0 Å². The predicted octanol–water partition coefficient (Wildman–Crippen LogP) is 1.68. The van der Waals surface area contributed by atoms with Gasteiger partial charge in [-0.25, -0.2) is 9.59 Å². The van der Waals surface area contributed by atoms with Crippen LogP contribution < -0.4 is 0 Å². The fourth-order valence-corrected chi connectivity index (χ4v) is 1.14. The Morgan fingerprint density at radius 3 is 2.26 bits per heavy atom. The van der Waals surface area contributed by atoms with Gasteiger partial charge in [0.25, 0.3) is 0 Å². The van der Waals surface area contributed by atoms with Gasteiger partial charge < -0.3 is 14.6 Å². The summed E-state index contributed by atoms with van der Waals surface area (Å²) in [4.78, 5) is 22.0. The topological polar surface area (TPSA) is 72.8 Å². The summed E-state index contributed by atoms with van der Waals surface area (Å²) in [5.74, 6) is -0.942. The molecule has 0 heterocycles. The highest BCUT2D eigenvalue weighted by molar-refractivity contribution is 5.87. The third-order valence-electron chi connectivity index (χ3n) is 2.04. The summed E-state index contributed by atoms with van der Waals surface area (Å²) in [6, 6.07) is 6.34. The lowest BCUT2D eigenvalue weighted by molar-refractivity contribution is -0.145. The van der Waals surface area contributed by atoms with E-state index in [1.165, 1.54) is 18.2 Å². The van der Waals surface area contributed by atoms with E-state index in [2.05, 4.69) is 11.3 Å². The Labute approximate surface area is 110 Å². The van der Waals surface area contributed by atoms with Gasteiger partial charge in [-0.2, -0.15) is 0 Å². The van der Waals surface area contributed by atoms with Gasteiger partial charge in [0.2, 0.25) is 0 Å². The number of benzene rings is 1. The van der Waals surface area contributed by atoms with Crippen LogP contribution in [0.4, 0.5) is 0 Å². The van der Waals surface area contributed by atoms with Crippen molar-refractivity contribution in [3.63, 3.8) is 0 Å². The third kappa shape index (κ3) is 6.07. The lowest BCUT2D eigenvalue weighted by Gasteiger charge is -2.02. The zero-order valence-electron chi connectivity index (χ0n) is 10.2. The van der Waals surface area contributed by atoms with Crippen LogP contribution in [-0.2, 0) is 19.1 Å². The van der Waals surface area contributed by atoms with Crippen LogP contribution in [0.5, 0.6) is 5.75 Å².